The molecule has 1 nitrogen and oxygen atoms in total. The van der Waals surface area contributed by atoms with Gasteiger partial charge in [0.25, 0.3) is 0 Å². The van der Waals surface area contributed by atoms with Crippen molar-refractivity contribution < 1.29 is 5.11 Å². The maximum atomic E-state index is 9.17. The van der Waals surface area contributed by atoms with E-state index >= 15 is 0 Å². The van der Waals surface area contributed by atoms with Gasteiger partial charge in [0.05, 0.1) is 6.61 Å². The highest BCUT2D eigenvalue weighted by molar-refractivity contribution is 14.1. The van der Waals surface area contributed by atoms with Crippen LogP contribution < -0.4 is 0 Å². The number of alkyl halides is 1. The molecule has 0 radical (unpaired) electrons. The second-order valence-corrected chi connectivity index (χ2v) is 5.63. The van der Waals surface area contributed by atoms with Crippen molar-refractivity contribution in [2.45, 2.75) is 11.9 Å². The first-order chi connectivity index (χ1) is 6.76. The number of aliphatic hydroxyl groups is 1. The van der Waals surface area contributed by atoms with Crippen LogP contribution in [0.4, 0.5) is 0 Å². The van der Waals surface area contributed by atoms with E-state index in [1.54, 1.807) is 11.3 Å². The van der Waals surface area contributed by atoms with Crippen LogP contribution in [-0.2, 0) is 11.9 Å². The molecule has 0 amide bonds. The minimum Gasteiger partial charge on any atom is -0.392 e. The van der Waals surface area contributed by atoms with Gasteiger partial charge in [0.2, 0.25) is 0 Å². The molecule has 0 aliphatic heterocycles. The number of hydrogen-bond donors (Lipinski definition) is 1. The van der Waals surface area contributed by atoms with Gasteiger partial charge >= 0.3 is 0 Å². The van der Waals surface area contributed by atoms with E-state index in [0.717, 1.165) is 14.5 Å². The van der Waals surface area contributed by atoms with Crippen molar-refractivity contribution in [3.63, 3.8) is 0 Å². The van der Waals surface area contributed by atoms with Crippen molar-refractivity contribution in [2.24, 2.45) is 0 Å². The van der Waals surface area contributed by atoms with Gasteiger partial charge in [-0.05, 0) is 56.6 Å². The lowest BCUT2D eigenvalue weighted by atomic mass is 10.1. The molecule has 1 aromatic heterocycles. The van der Waals surface area contributed by atoms with Gasteiger partial charge in [-0.2, -0.15) is 0 Å². The SMILES string of the molecule is OCc1cc2c(CBr)csc2cc1I. The van der Waals surface area contributed by atoms with Crippen molar-refractivity contribution in [2.75, 3.05) is 0 Å². The number of rotatable bonds is 2. The Hall–Kier alpha value is 0.350. The zero-order valence-corrected chi connectivity index (χ0v) is 11.8. The average molecular weight is 383 g/mol. The van der Waals surface area contributed by atoms with E-state index in [1.165, 1.54) is 15.6 Å². The zero-order valence-electron chi connectivity index (χ0n) is 7.26. The molecule has 0 saturated carbocycles. The lowest BCUT2D eigenvalue weighted by Crippen LogP contribution is -1.87. The topological polar surface area (TPSA) is 20.2 Å². The normalized spacial score (nSPS) is 11.1. The summed E-state index contributed by atoms with van der Waals surface area (Å²) in [4.78, 5) is 0. The van der Waals surface area contributed by atoms with Crippen LogP contribution in [0.15, 0.2) is 17.5 Å². The minimum absolute atomic E-state index is 0.117. The highest BCUT2D eigenvalue weighted by atomic mass is 127. The molecule has 2 rings (SSSR count). The number of thiophene rings is 1. The van der Waals surface area contributed by atoms with Gasteiger partial charge in [-0.3, -0.25) is 0 Å². The van der Waals surface area contributed by atoms with Crippen molar-refractivity contribution >= 4 is 59.9 Å². The molecule has 1 N–H and O–H groups in total. The van der Waals surface area contributed by atoms with E-state index in [1.807, 2.05) is 0 Å². The lowest BCUT2D eigenvalue weighted by Gasteiger charge is -2.01. The molecule has 0 aliphatic carbocycles. The third kappa shape index (κ3) is 1.85. The molecule has 4 heteroatoms. The highest BCUT2D eigenvalue weighted by Crippen LogP contribution is 2.30. The Balaban J connectivity index is 2.70. The number of benzene rings is 1. The Morgan fingerprint density at radius 3 is 2.79 bits per heavy atom. The molecule has 74 valence electrons. The summed E-state index contributed by atoms with van der Waals surface area (Å²) in [7, 11) is 0. The first kappa shape index (κ1) is 10.9. The minimum atomic E-state index is 0.117. The summed E-state index contributed by atoms with van der Waals surface area (Å²) in [6.45, 7) is 0.117. The molecule has 1 heterocycles. The van der Waals surface area contributed by atoms with Gasteiger partial charge in [-0.25, -0.2) is 0 Å². The number of hydrogen-bond acceptors (Lipinski definition) is 2. The largest absolute Gasteiger partial charge is 0.392 e. The molecule has 0 atom stereocenters. The van der Waals surface area contributed by atoms with Gasteiger partial charge in [0, 0.05) is 13.6 Å². The van der Waals surface area contributed by atoms with Gasteiger partial charge in [0.15, 0.2) is 0 Å². The van der Waals surface area contributed by atoms with E-state index < -0.39 is 0 Å². The summed E-state index contributed by atoms with van der Waals surface area (Å²) < 4.78 is 2.43. The molecule has 14 heavy (non-hydrogen) atoms. The van der Waals surface area contributed by atoms with Crippen LogP contribution in [0.3, 0.4) is 0 Å². The zero-order chi connectivity index (χ0) is 10.1. The molecular formula is C10H8BrIOS. The number of halogens is 2. The average Bonchev–Trinajstić information content (AvgIpc) is 2.58. The van der Waals surface area contributed by atoms with Crippen molar-refractivity contribution in [1.82, 2.24) is 0 Å². The highest BCUT2D eigenvalue weighted by Gasteiger charge is 2.06. The maximum absolute atomic E-state index is 9.17. The molecule has 0 fully saturated rings. The number of aliphatic hydroxyl groups excluding tert-OH is 1. The van der Waals surface area contributed by atoms with Crippen molar-refractivity contribution in [3.8, 4) is 0 Å². The third-order valence-electron chi connectivity index (χ3n) is 2.14. The first-order valence-corrected chi connectivity index (χ1v) is 7.19. The molecule has 1 aromatic carbocycles. The van der Waals surface area contributed by atoms with Gasteiger partial charge in [-0.1, -0.05) is 15.9 Å². The molecular weight excluding hydrogens is 375 g/mol. The Labute approximate surface area is 108 Å². The molecule has 0 unspecified atom stereocenters. The monoisotopic (exact) mass is 382 g/mol. The third-order valence-corrected chi connectivity index (χ3v) is 4.74. The van der Waals surface area contributed by atoms with Crippen LogP contribution in [0, 0.1) is 3.57 Å². The van der Waals surface area contributed by atoms with E-state index in [9.17, 15) is 0 Å². The maximum Gasteiger partial charge on any atom is 0.0692 e. The molecule has 0 spiro atoms. The summed E-state index contributed by atoms with van der Waals surface area (Å²) in [6.07, 6.45) is 0. The van der Waals surface area contributed by atoms with Gasteiger partial charge < -0.3 is 5.11 Å². The second kappa shape index (κ2) is 4.47. The molecule has 0 aliphatic rings. The smallest absolute Gasteiger partial charge is 0.0692 e. The van der Waals surface area contributed by atoms with Crippen LogP contribution in [0.1, 0.15) is 11.1 Å². The predicted octanol–water partition coefficient (Wildman–Crippen LogP) is 3.89. The fourth-order valence-corrected chi connectivity index (χ4v) is 3.88. The predicted molar refractivity (Wildman–Crippen MR) is 73.1 cm³/mol. The van der Waals surface area contributed by atoms with Crippen LogP contribution in [0.25, 0.3) is 10.1 Å². The van der Waals surface area contributed by atoms with E-state index in [4.69, 9.17) is 5.11 Å². The van der Waals surface area contributed by atoms with Crippen molar-refractivity contribution in [1.29, 1.82) is 0 Å². The summed E-state index contributed by atoms with van der Waals surface area (Å²) in [5.41, 5.74) is 2.31. The van der Waals surface area contributed by atoms with E-state index in [-0.39, 0.29) is 6.61 Å². The molecule has 0 bridgehead atoms. The summed E-state index contributed by atoms with van der Waals surface area (Å²) in [6, 6.07) is 4.22. The van der Waals surface area contributed by atoms with E-state index in [2.05, 4.69) is 56.0 Å². The van der Waals surface area contributed by atoms with Crippen LogP contribution >= 0.6 is 49.9 Å². The van der Waals surface area contributed by atoms with Crippen LogP contribution in [-0.4, -0.2) is 5.11 Å². The van der Waals surface area contributed by atoms with Gasteiger partial charge in [0.1, 0.15) is 0 Å². The fraction of sp³-hybridized carbons (Fsp3) is 0.200. The van der Waals surface area contributed by atoms with E-state index in [0.29, 0.717) is 0 Å². The standard InChI is InChI=1S/C10H8BrIOS/c11-3-7-5-14-10-2-9(12)6(4-13)1-8(7)10/h1-2,5,13H,3-4H2. The van der Waals surface area contributed by atoms with Crippen molar-refractivity contribution in [3.05, 3.63) is 32.2 Å². The lowest BCUT2D eigenvalue weighted by molar-refractivity contribution is 0.281. The second-order valence-electron chi connectivity index (χ2n) is 2.99. The van der Waals surface area contributed by atoms with Gasteiger partial charge in [-0.15, -0.1) is 11.3 Å². The number of fused-ring (bicyclic) bond motifs is 1. The Kier molecular flexibility index (Phi) is 3.46. The molecule has 2 aromatic rings. The summed E-state index contributed by atoms with van der Waals surface area (Å²) in [5, 5.41) is 13.5. The fourth-order valence-electron chi connectivity index (χ4n) is 1.37. The van der Waals surface area contributed by atoms with Crippen LogP contribution in [0.5, 0.6) is 0 Å². The summed E-state index contributed by atoms with van der Waals surface area (Å²) >= 11 is 7.49. The first-order valence-electron chi connectivity index (χ1n) is 4.11. The quantitative estimate of drug-likeness (QED) is 0.617. The molecule has 0 saturated heterocycles. The Bertz CT molecular complexity index is 466. The Morgan fingerprint density at radius 1 is 1.36 bits per heavy atom. The Morgan fingerprint density at radius 2 is 2.14 bits per heavy atom. The summed E-state index contributed by atoms with van der Waals surface area (Å²) in [5.74, 6) is 0. The van der Waals surface area contributed by atoms with Crippen LogP contribution in [0.2, 0.25) is 0 Å².